The topological polar surface area (TPSA) is 82.2 Å². The van der Waals surface area contributed by atoms with Crippen LogP contribution < -0.4 is 10.2 Å². The van der Waals surface area contributed by atoms with E-state index in [1.54, 1.807) is 6.07 Å². The molecule has 0 unspecified atom stereocenters. The minimum absolute atomic E-state index is 0.0623. The molecule has 0 spiro atoms. The van der Waals surface area contributed by atoms with Gasteiger partial charge in [-0.15, -0.1) is 0 Å². The molecule has 0 saturated heterocycles. The molecule has 1 aliphatic carbocycles. The van der Waals surface area contributed by atoms with E-state index in [0.29, 0.717) is 17.3 Å². The number of nitriles is 1. The first-order valence-corrected chi connectivity index (χ1v) is 7.15. The fourth-order valence-electron chi connectivity index (χ4n) is 2.98. The molecule has 0 bridgehead atoms. The van der Waals surface area contributed by atoms with Crippen molar-refractivity contribution in [2.24, 2.45) is 0 Å². The third-order valence-electron chi connectivity index (χ3n) is 4.33. The maximum absolute atomic E-state index is 11.2. The summed E-state index contributed by atoms with van der Waals surface area (Å²) >= 11 is 0. The van der Waals surface area contributed by atoms with Crippen LogP contribution >= 0.6 is 0 Å². The van der Waals surface area contributed by atoms with Crippen molar-refractivity contribution in [2.45, 2.75) is 37.8 Å². The normalized spacial score (nSPS) is 21.6. The molecule has 1 saturated carbocycles. The Hall–Kier alpha value is -2.13. The summed E-state index contributed by atoms with van der Waals surface area (Å²) in [6, 6.07) is 7.39. The molecule has 0 radical (unpaired) electrons. The second-order valence-corrected chi connectivity index (χ2v) is 5.48. The summed E-state index contributed by atoms with van der Waals surface area (Å²) in [5.74, 6) is 0. The quantitative estimate of drug-likeness (QED) is 0.679. The van der Waals surface area contributed by atoms with Gasteiger partial charge in [-0.2, -0.15) is 5.26 Å². The summed E-state index contributed by atoms with van der Waals surface area (Å²) in [5, 5.41) is 23.5. The van der Waals surface area contributed by atoms with E-state index >= 15 is 0 Å². The number of nitrogens with one attached hydrogen (secondary N) is 1. The molecule has 1 aromatic rings. The van der Waals surface area contributed by atoms with Crippen molar-refractivity contribution < 1.29 is 4.92 Å². The number of nitro benzene ring substituents is 1. The molecule has 6 heteroatoms. The number of rotatable bonds is 4. The van der Waals surface area contributed by atoms with Gasteiger partial charge in [0.2, 0.25) is 0 Å². The lowest BCUT2D eigenvalue weighted by Gasteiger charge is -2.35. The lowest BCUT2D eigenvalue weighted by atomic mass is 9.90. The number of hydrogen-bond donors (Lipinski definition) is 1. The molecule has 0 aromatic heterocycles. The molecule has 2 rings (SSSR count). The van der Waals surface area contributed by atoms with E-state index in [-0.39, 0.29) is 16.7 Å². The highest BCUT2D eigenvalue weighted by Gasteiger charge is 2.27. The standard InChI is InChI=1S/C15H20N4O2/c1-17-12-4-6-13(7-5-12)18(2)15-9-11(10-16)3-8-14(15)19(20)21/h3,8-9,12-13,17H,4-7H2,1-2H3. The molecule has 21 heavy (non-hydrogen) atoms. The Morgan fingerprint density at radius 2 is 2.05 bits per heavy atom. The van der Waals surface area contributed by atoms with Crippen molar-refractivity contribution in [1.29, 1.82) is 5.26 Å². The van der Waals surface area contributed by atoms with Crippen LogP contribution in [-0.2, 0) is 0 Å². The van der Waals surface area contributed by atoms with E-state index in [2.05, 4.69) is 5.32 Å². The Bertz CT molecular complexity index is 559. The second kappa shape index (κ2) is 6.55. The molecular weight excluding hydrogens is 268 g/mol. The minimum atomic E-state index is -0.383. The molecule has 0 aliphatic heterocycles. The smallest absolute Gasteiger partial charge is 0.292 e. The Morgan fingerprint density at radius 3 is 2.57 bits per heavy atom. The van der Waals surface area contributed by atoms with Crippen LogP contribution in [0, 0.1) is 21.4 Å². The van der Waals surface area contributed by atoms with E-state index in [1.807, 2.05) is 25.1 Å². The molecule has 1 aromatic carbocycles. The SMILES string of the molecule is CNC1CCC(N(C)c2cc(C#N)ccc2[N+](=O)[O-])CC1. The minimum Gasteiger partial charge on any atom is -0.366 e. The monoisotopic (exact) mass is 288 g/mol. The van der Waals surface area contributed by atoms with Gasteiger partial charge in [0.15, 0.2) is 0 Å². The van der Waals surface area contributed by atoms with Crippen molar-refractivity contribution in [3.63, 3.8) is 0 Å². The Kier molecular flexibility index (Phi) is 4.76. The van der Waals surface area contributed by atoms with Crippen LogP contribution in [0.15, 0.2) is 18.2 Å². The van der Waals surface area contributed by atoms with E-state index in [1.165, 1.54) is 12.1 Å². The van der Waals surface area contributed by atoms with Gasteiger partial charge in [-0.25, -0.2) is 0 Å². The maximum atomic E-state index is 11.2. The first-order valence-electron chi connectivity index (χ1n) is 7.15. The van der Waals surface area contributed by atoms with Crippen LogP contribution in [0.1, 0.15) is 31.2 Å². The van der Waals surface area contributed by atoms with Crippen LogP contribution in [0.4, 0.5) is 11.4 Å². The van der Waals surface area contributed by atoms with Crippen LogP contribution in [0.3, 0.4) is 0 Å². The Balaban J connectivity index is 2.24. The first-order chi connectivity index (χ1) is 10.1. The number of benzene rings is 1. The number of anilines is 1. The molecule has 0 atom stereocenters. The average Bonchev–Trinajstić information content (AvgIpc) is 2.53. The van der Waals surface area contributed by atoms with Crippen molar-refractivity contribution >= 4 is 11.4 Å². The summed E-state index contributed by atoms with van der Waals surface area (Å²) in [7, 11) is 3.85. The van der Waals surface area contributed by atoms with Gasteiger partial charge in [-0.05, 0) is 44.9 Å². The van der Waals surface area contributed by atoms with Gasteiger partial charge < -0.3 is 10.2 Å². The van der Waals surface area contributed by atoms with Gasteiger partial charge in [-0.3, -0.25) is 10.1 Å². The number of nitrogens with zero attached hydrogens (tertiary/aromatic N) is 3. The van der Waals surface area contributed by atoms with E-state index in [9.17, 15) is 10.1 Å². The van der Waals surface area contributed by atoms with Gasteiger partial charge in [0, 0.05) is 25.2 Å². The van der Waals surface area contributed by atoms with Crippen molar-refractivity contribution in [3.05, 3.63) is 33.9 Å². The lowest BCUT2D eigenvalue weighted by molar-refractivity contribution is -0.384. The van der Waals surface area contributed by atoms with Crippen molar-refractivity contribution in [2.75, 3.05) is 19.0 Å². The molecule has 0 heterocycles. The van der Waals surface area contributed by atoms with E-state index in [0.717, 1.165) is 25.7 Å². The zero-order chi connectivity index (χ0) is 15.4. The van der Waals surface area contributed by atoms with Crippen LogP contribution in [0.2, 0.25) is 0 Å². The van der Waals surface area contributed by atoms with Crippen LogP contribution in [0.5, 0.6) is 0 Å². The highest BCUT2D eigenvalue weighted by molar-refractivity contribution is 5.66. The van der Waals surface area contributed by atoms with Gasteiger partial charge in [-0.1, -0.05) is 0 Å². The van der Waals surface area contributed by atoms with Gasteiger partial charge in [0.25, 0.3) is 5.69 Å². The summed E-state index contributed by atoms with van der Waals surface area (Å²) in [5.41, 5.74) is 1.05. The Labute approximate surface area is 124 Å². The summed E-state index contributed by atoms with van der Waals surface area (Å²) in [4.78, 5) is 12.8. The summed E-state index contributed by atoms with van der Waals surface area (Å²) in [6.45, 7) is 0. The molecule has 0 amide bonds. The van der Waals surface area contributed by atoms with Crippen LogP contribution in [-0.4, -0.2) is 31.1 Å². The highest BCUT2D eigenvalue weighted by atomic mass is 16.6. The predicted octanol–water partition coefficient (Wildman–Crippen LogP) is 2.43. The molecule has 6 nitrogen and oxygen atoms in total. The lowest BCUT2D eigenvalue weighted by Crippen LogP contribution is -2.40. The highest BCUT2D eigenvalue weighted by Crippen LogP contribution is 2.33. The fourth-order valence-corrected chi connectivity index (χ4v) is 2.98. The number of hydrogen-bond acceptors (Lipinski definition) is 5. The average molecular weight is 288 g/mol. The number of nitro groups is 1. The van der Waals surface area contributed by atoms with Gasteiger partial charge >= 0.3 is 0 Å². The van der Waals surface area contributed by atoms with E-state index < -0.39 is 0 Å². The molecule has 112 valence electrons. The van der Waals surface area contributed by atoms with Crippen molar-refractivity contribution in [1.82, 2.24) is 5.32 Å². The first kappa shape index (κ1) is 15.3. The third kappa shape index (κ3) is 3.31. The summed E-state index contributed by atoms with van der Waals surface area (Å²) in [6.07, 6.45) is 4.13. The molecule has 1 fully saturated rings. The van der Waals surface area contributed by atoms with Crippen molar-refractivity contribution in [3.8, 4) is 6.07 Å². The predicted molar refractivity (Wildman–Crippen MR) is 81.3 cm³/mol. The zero-order valence-electron chi connectivity index (χ0n) is 12.4. The molecular formula is C15H20N4O2. The Morgan fingerprint density at radius 1 is 1.38 bits per heavy atom. The third-order valence-corrected chi connectivity index (χ3v) is 4.33. The van der Waals surface area contributed by atoms with Gasteiger partial charge in [0.05, 0.1) is 16.6 Å². The molecule has 1 aliphatic rings. The summed E-state index contributed by atoms with van der Waals surface area (Å²) < 4.78 is 0. The molecule has 1 N–H and O–H groups in total. The van der Waals surface area contributed by atoms with E-state index in [4.69, 9.17) is 5.26 Å². The zero-order valence-corrected chi connectivity index (χ0v) is 12.4. The fraction of sp³-hybridized carbons (Fsp3) is 0.533. The van der Waals surface area contributed by atoms with Crippen LogP contribution in [0.25, 0.3) is 0 Å². The van der Waals surface area contributed by atoms with Gasteiger partial charge in [0.1, 0.15) is 5.69 Å². The maximum Gasteiger partial charge on any atom is 0.292 e. The second-order valence-electron chi connectivity index (χ2n) is 5.48. The largest absolute Gasteiger partial charge is 0.366 e.